The molecule has 0 N–H and O–H groups in total. The van der Waals surface area contributed by atoms with E-state index in [1.54, 1.807) is 0 Å². The van der Waals surface area contributed by atoms with E-state index >= 15 is 0 Å². The molecule has 0 aromatic heterocycles. The highest BCUT2D eigenvalue weighted by atomic mass is 79.9. The standard InChI is InChI=1S/C19H33BrO2/c1-2-3-4-9-14-21-15-17-16(10-7-5-6-8-13-20)18-11-12-19(17)22-18/h5,7,16-19H,2-4,6,8-15H2,1H3/b7-5-/t16-,17+,18-,19+/m1/s1. The van der Waals surface area contributed by atoms with Crippen molar-refractivity contribution in [3.05, 3.63) is 12.2 Å². The van der Waals surface area contributed by atoms with Crippen LogP contribution in [-0.4, -0.2) is 30.8 Å². The maximum atomic E-state index is 6.15. The molecule has 4 atom stereocenters. The highest BCUT2D eigenvalue weighted by Crippen LogP contribution is 2.45. The average molecular weight is 373 g/mol. The number of ether oxygens (including phenoxy) is 2. The maximum absolute atomic E-state index is 6.15. The van der Waals surface area contributed by atoms with E-state index in [0.29, 0.717) is 24.0 Å². The summed E-state index contributed by atoms with van der Waals surface area (Å²) in [5.74, 6) is 1.32. The van der Waals surface area contributed by atoms with Crippen LogP contribution in [-0.2, 0) is 9.47 Å². The van der Waals surface area contributed by atoms with Gasteiger partial charge >= 0.3 is 0 Å². The third kappa shape index (κ3) is 5.65. The minimum atomic E-state index is 0.474. The normalized spacial score (nSPS) is 30.6. The van der Waals surface area contributed by atoms with Crippen LogP contribution in [0.15, 0.2) is 12.2 Å². The molecule has 0 aromatic carbocycles. The minimum Gasteiger partial charge on any atom is -0.381 e. The van der Waals surface area contributed by atoms with E-state index in [-0.39, 0.29) is 0 Å². The number of unbranched alkanes of at least 4 members (excludes halogenated alkanes) is 4. The summed E-state index contributed by atoms with van der Waals surface area (Å²) in [7, 11) is 0. The molecule has 2 aliphatic heterocycles. The second-order valence-corrected chi connectivity index (χ2v) is 7.58. The van der Waals surface area contributed by atoms with Crippen LogP contribution in [0.2, 0.25) is 0 Å². The Hall–Kier alpha value is 0.140. The van der Waals surface area contributed by atoms with Crippen LogP contribution in [0.4, 0.5) is 0 Å². The molecule has 2 fully saturated rings. The van der Waals surface area contributed by atoms with Crippen LogP contribution < -0.4 is 0 Å². The van der Waals surface area contributed by atoms with Crippen LogP contribution in [0.3, 0.4) is 0 Å². The summed E-state index contributed by atoms with van der Waals surface area (Å²) in [6.45, 7) is 4.10. The molecule has 0 radical (unpaired) electrons. The number of allylic oxidation sites excluding steroid dienone is 2. The Morgan fingerprint density at radius 1 is 1.05 bits per heavy atom. The van der Waals surface area contributed by atoms with Crippen molar-refractivity contribution in [1.29, 1.82) is 0 Å². The van der Waals surface area contributed by atoms with Crippen LogP contribution in [0, 0.1) is 11.8 Å². The van der Waals surface area contributed by atoms with E-state index in [9.17, 15) is 0 Å². The summed E-state index contributed by atoms with van der Waals surface area (Å²) >= 11 is 3.48. The molecule has 0 unspecified atom stereocenters. The zero-order valence-corrected chi connectivity index (χ0v) is 15.7. The second kappa shape index (κ2) is 10.8. The van der Waals surface area contributed by atoms with Crippen molar-refractivity contribution in [3.63, 3.8) is 0 Å². The molecule has 0 aliphatic carbocycles. The minimum absolute atomic E-state index is 0.474. The van der Waals surface area contributed by atoms with E-state index < -0.39 is 0 Å². The third-order valence-electron chi connectivity index (χ3n) is 5.12. The largest absolute Gasteiger partial charge is 0.381 e. The molecular weight excluding hydrogens is 340 g/mol. The Labute approximate surface area is 145 Å². The summed E-state index contributed by atoms with van der Waals surface area (Å²) in [4.78, 5) is 0. The van der Waals surface area contributed by atoms with E-state index in [0.717, 1.165) is 18.5 Å². The van der Waals surface area contributed by atoms with Gasteiger partial charge in [0, 0.05) is 17.9 Å². The van der Waals surface area contributed by atoms with Crippen LogP contribution in [0.1, 0.15) is 64.7 Å². The molecule has 2 aliphatic rings. The third-order valence-corrected chi connectivity index (χ3v) is 5.68. The van der Waals surface area contributed by atoms with Crippen molar-refractivity contribution in [1.82, 2.24) is 0 Å². The highest BCUT2D eigenvalue weighted by Gasteiger charge is 2.48. The van der Waals surface area contributed by atoms with Crippen molar-refractivity contribution in [2.75, 3.05) is 18.5 Å². The first kappa shape index (κ1) is 18.5. The fourth-order valence-electron chi connectivity index (χ4n) is 3.84. The molecule has 2 saturated heterocycles. The van der Waals surface area contributed by atoms with Gasteiger partial charge in [0.05, 0.1) is 18.8 Å². The Balaban J connectivity index is 1.67. The van der Waals surface area contributed by atoms with Gasteiger partial charge in [-0.3, -0.25) is 0 Å². The fraction of sp³-hybridized carbons (Fsp3) is 0.895. The molecule has 128 valence electrons. The topological polar surface area (TPSA) is 18.5 Å². The van der Waals surface area contributed by atoms with E-state index in [1.165, 1.54) is 57.8 Å². The van der Waals surface area contributed by atoms with E-state index in [2.05, 4.69) is 35.0 Å². The molecule has 2 nitrogen and oxygen atoms in total. The predicted octanol–water partition coefficient (Wildman–Crippen LogP) is 5.50. The van der Waals surface area contributed by atoms with Gasteiger partial charge in [-0.15, -0.1) is 0 Å². The van der Waals surface area contributed by atoms with Crippen molar-refractivity contribution >= 4 is 15.9 Å². The molecule has 3 heteroatoms. The second-order valence-electron chi connectivity index (χ2n) is 6.79. The van der Waals surface area contributed by atoms with Crippen LogP contribution in [0.25, 0.3) is 0 Å². The molecule has 22 heavy (non-hydrogen) atoms. The van der Waals surface area contributed by atoms with Gasteiger partial charge in [0.1, 0.15) is 0 Å². The van der Waals surface area contributed by atoms with Crippen molar-refractivity contribution in [3.8, 4) is 0 Å². The van der Waals surface area contributed by atoms with Crippen molar-refractivity contribution in [2.45, 2.75) is 76.9 Å². The SMILES string of the molecule is CCCCCCOC[C@H]1[C@@H](C/C=C\CCCBr)[C@H]2CC[C@@H]1O2. The number of hydrogen-bond donors (Lipinski definition) is 0. The Morgan fingerprint density at radius 3 is 2.64 bits per heavy atom. The summed E-state index contributed by atoms with van der Waals surface area (Å²) in [5, 5.41) is 1.10. The Bertz CT molecular complexity index is 319. The lowest BCUT2D eigenvalue weighted by molar-refractivity contribution is 0.0478. The van der Waals surface area contributed by atoms with Gasteiger partial charge in [-0.25, -0.2) is 0 Å². The Morgan fingerprint density at radius 2 is 1.86 bits per heavy atom. The first-order valence-corrected chi connectivity index (χ1v) is 10.4. The molecule has 0 spiro atoms. The first-order chi connectivity index (χ1) is 10.9. The first-order valence-electron chi connectivity index (χ1n) is 9.31. The lowest BCUT2D eigenvalue weighted by Gasteiger charge is -2.27. The monoisotopic (exact) mass is 372 g/mol. The van der Waals surface area contributed by atoms with Gasteiger partial charge in [-0.1, -0.05) is 54.3 Å². The summed E-state index contributed by atoms with van der Waals surface area (Å²) in [5.41, 5.74) is 0. The fourth-order valence-corrected chi connectivity index (χ4v) is 4.17. The van der Waals surface area contributed by atoms with Gasteiger partial charge in [0.25, 0.3) is 0 Å². The Kier molecular flexibility index (Phi) is 9.10. The molecule has 0 aromatic rings. The lowest BCUT2D eigenvalue weighted by Crippen LogP contribution is -2.30. The van der Waals surface area contributed by atoms with Crippen molar-refractivity contribution < 1.29 is 9.47 Å². The molecular formula is C19H33BrO2. The molecule has 2 rings (SSSR count). The van der Waals surface area contributed by atoms with Crippen molar-refractivity contribution in [2.24, 2.45) is 11.8 Å². The molecule has 0 saturated carbocycles. The summed E-state index contributed by atoms with van der Waals surface area (Å²) in [6.07, 6.45) is 17.0. The maximum Gasteiger partial charge on any atom is 0.0633 e. The van der Waals surface area contributed by atoms with Crippen LogP contribution >= 0.6 is 15.9 Å². The van der Waals surface area contributed by atoms with Gasteiger partial charge in [-0.2, -0.15) is 0 Å². The highest BCUT2D eigenvalue weighted by molar-refractivity contribution is 9.09. The zero-order valence-electron chi connectivity index (χ0n) is 14.1. The smallest absolute Gasteiger partial charge is 0.0633 e. The number of halogens is 1. The van der Waals surface area contributed by atoms with Gasteiger partial charge < -0.3 is 9.47 Å². The molecule has 0 amide bonds. The van der Waals surface area contributed by atoms with Gasteiger partial charge in [-0.05, 0) is 44.4 Å². The quantitative estimate of drug-likeness (QED) is 0.256. The van der Waals surface area contributed by atoms with Gasteiger partial charge in [0.15, 0.2) is 0 Å². The number of hydrogen-bond acceptors (Lipinski definition) is 2. The lowest BCUT2D eigenvalue weighted by atomic mass is 9.78. The molecule has 2 heterocycles. The summed E-state index contributed by atoms with van der Waals surface area (Å²) < 4.78 is 12.1. The average Bonchev–Trinajstić information content (AvgIpc) is 3.12. The number of rotatable bonds is 12. The number of fused-ring (bicyclic) bond motifs is 2. The van der Waals surface area contributed by atoms with E-state index in [1.807, 2.05) is 0 Å². The predicted molar refractivity (Wildman–Crippen MR) is 96.6 cm³/mol. The zero-order chi connectivity index (χ0) is 15.6. The summed E-state index contributed by atoms with van der Waals surface area (Å²) in [6, 6.07) is 0. The molecule has 2 bridgehead atoms. The van der Waals surface area contributed by atoms with Crippen LogP contribution in [0.5, 0.6) is 0 Å². The van der Waals surface area contributed by atoms with E-state index in [4.69, 9.17) is 9.47 Å². The van der Waals surface area contributed by atoms with Gasteiger partial charge in [0.2, 0.25) is 0 Å². The number of alkyl halides is 1.